The number of hydrogen-bond acceptors (Lipinski definition) is 5. The van der Waals surface area contributed by atoms with Gasteiger partial charge in [-0.3, -0.25) is 9.59 Å². The lowest BCUT2D eigenvalue weighted by Crippen LogP contribution is -2.43. The summed E-state index contributed by atoms with van der Waals surface area (Å²) in [5, 5.41) is 5.61. The van der Waals surface area contributed by atoms with Crippen LogP contribution in [0, 0.1) is 13.8 Å². The molecule has 0 spiro atoms. The van der Waals surface area contributed by atoms with E-state index in [4.69, 9.17) is 4.74 Å². The number of aryl methyl sites for hydroxylation is 2. The van der Waals surface area contributed by atoms with Crippen molar-refractivity contribution in [2.75, 3.05) is 28.7 Å². The molecule has 1 fully saturated rings. The summed E-state index contributed by atoms with van der Waals surface area (Å²) in [6.45, 7) is 4.32. The average Bonchev–Trinajstić information content (AvgIpc) is 3.19. The van der Waals surface area contributed by atoms with Crippen LogP contribution < -0.4 is 15.5 Å². The molecule has 0 aromatic heterocycles. The number of carbonyl (C=O) groups excluding carboxylic acids is 3. The number of esters is 1. The van der Waals surface area contributed by atoms with Gasteiger partial charge in [0.05, 0.1) is 16.9 Å². The average molecular weight is 393 g/mol. The summed E-state index contributed by atoms with van der Waals surface area (Å²) >= 11 is 0. The van der Waals surface area contributed by atoms with Crippen LogP contribution >= 0.6 is 0 Å². The van der Waals surface area contributed by atoms with Gasteiger partial charge in [-0.2, -0.15) is 0 Å². The van der Waals surface area contributed by atoms with Gasteiger partial charge in [0.15, 0.2) is 6.61 Å². The van der Waals surface area contributed by atoms with Gasteiger partial charge in [0.1, 0.15) is 6.04 Å². The van der Waals surface area contributed by atoms with Crippen molar-refractivity contribution in [2.24, 2.45) is 0 Å². The van der Waals surface area contributed by atoms with E-state index in [0.29, 0.717) is 16.9 Å². The second kappa shape index (κ2) is 7.58. The summed E-state index contributed by atoms with van der Waals surface area (Å²) in [6.07, 6.45) is 1.81. The maximum atomic E-state index is 12.4. The van der Waals surface area contributed by atoms with E-state index in [1.807, 2.05) is 38.1 Å². The summed E-state index contributed by atoms with van der Waals surface area (Å²) in [4.78, 5) is 38.8. The summed E-state index contributed by atoms with van der Waals surface area (Å²) < 4.78 is 5.15. The number of benzene rings is 2. The predicted octanol–water partition coefficient (Wildman–Crippen LogP) is 3.02. The third-order valence-corrected chi connectivity index (χ3v) is 5.35. The van der Waals surface area contributed by atoms with Gasteiger partial charge in [0, 0.05) is 12.2 Å². The number of nitrogens with one attached hydrogen (secondary N) is 2. The monoisotopic (exact) mass is 393 g/mol. The smallest absolute Gasteiger partial charge is 0.338 e. The molecule has 29 heavy (non-hydrogen) atoms. The molecule has 1 atom stereocenters. The van der Waals surface area contributed by atoms with E-state index in [1.54, 1.807) is 12.1 Å². The molecule has 2 aliphatic rings. The molecular formula is C22H23N3O4. The van der Waals surface area contributed by atoms with Crippen molar-refractivity contribution in [2.45, 2.75) is 32.7 Å². The maximum absolute atomic E-state index is 12.4. The molecule has 2 heterocycles. The third-order valence-electron chi connectivity index (χ3n) is 5.35. The predicted molar refractivity (Wildman–Crippen MR) is 110 cm³/mol. The zero-order valence-corrected chi connectivity index (χ0v) is 16.5. The van der Waals surface area contributed by atoms with Crippen LogP contribution in [0.25, 0.3) is 0 Å². The first-order valence-corrected chi connectivity index (χ1v) is 9.68. The van der Waals surface area contributed by atoms with E-state index in [1.165, 1.54) is 0 Å². The fraction of sp³-hybridized carbons (Fsp3) is 0.318. The van der Waals surface area contributed by atoms with E-state index in [2.05, 4.69) is 15.5 Å². The Morgan fingerprint density at radius 2 is 2.03 bits per heavy atom. The van der Waals surface area contributed by atoms with Crippen LogP contribution in [-0.4, -0.2) is 37.0 Å². The van der Waals surface area contributed by atoms with Crippen molar-refractivity contribution in [3.63, 3.8) is 0 Å². The van der Waals surface area contributed by atoms with Gasteiger partial charge < -0.3 is 20.3 Å². The Bertz CT molecular complexity index is 1000. The first kappa shape index (κ1) is 19.0. The lowest BCUT2D eigenvalue weighted by molar-refractivity contribution is -0.119. The highest BCUT2D eigenvalue weighted by atomic mass is 16.5. The lowest BCUT2D eigenvalue weighted by atomic mass is 10.1. The van der Waals surface area contributed by atoms with E-state index in [0.717, 1.165) is 36.2 Å². The number of carbonyl (C=O) groups is 3. The largest absolute Gasteiger partial charge is 0.452 e. The first-order chi connectivity index (χ1) is 13.9. The standard InChI is InChI=1S/C22H23N3O4/c1-13-5-7-16(14(2)10-13)23-20(26)12-29-22(28)15-6-8-18-17(11-15)24-21(27)19-4-3-9-25(18)19/h5-8,10-11,19H,3-4,9,12H2,1-2H3,(H,23,26)(H,24,27)/t19-/m1/s1. The molecular weight excluding hydrogens is 370 g/mol. The normalized spacial score (nSPS) is 17.2. The number of ether oxygens (including phenoxy) is 1. The Morgan fingerprint density at radius 1 is 1.21 bits per heavy atom. The van der Waals surface area contributed by atoms with Crippen LogP contribution in [0.5, 0.6) is 0 Å². The van der Waals surface area contributed by atoms with Crippen molar-refractivity contribution in [1.82, 2.24) is 0 Å². The topological polar surface area (TPSA) is 87.7 Å². The van der Waals surface area contributed by atoms with Crippen LogP contribution in [0.15, 0.2) is 36.4 Å². The van der Waals surface area contributed by atoms with Crippen LogP contribution in [0.3, 0.4) is 0 Å². The minimum Gasteiger partial charge on any atom is -0.452 e. The molecule has 0 aliphatic carbocycles. The second-order valence-corrected chi connectivity index (χ2v) is 7.52. The number of fused-ring (bicyclic) bond motifs is 3. The highest BCUT2D eigenvalue weighted by molar-refractivity contribution is 6.05. The van der Waals surface area contributed by atoms with E-state index in [-0.39, 0.29) is 18.6 Å². The van der Waals surface area contributed by atoms with Crippen LogP contribution in [0.2, 0.25) is 0 Å². The van der Waals surface area contributed by atoms with Gasteiger partial charge in [0.2, 0.25) is 5.91 Å². The highest BCUT2D eigenvalue weighted by Gasteiger charge is 2.36. The van der Waals surface area contributed by atoms with Crippen LogP contribution in [0.1, 0.15) is 34.3 Å². The van der Waals surface area contributed by atoms with Crippen LogP contribution in [-0.2, 0) is 14.3 Å². The zero-order valence-electron chi connectivity index (χ0n) is 16.5. The summed E-state index contributed by atoms with van der Waals surface area (Å²) in [5.74, 6) is -1.06. The molecule has 0 unspecified atom stereocenters. The SMILES string of the molecule is Cc1ccc(NC(=O)COC(=O)c2ccc3c(c2)NC(=O)[C@H]2CCCN32)c(C)c1. The third kappa shape index (κ3) is 3.81. The molecule has 7 nitrogen and oxygen atoms in total. The zero-order chi connectivity index (χ0) is 20.5. The Labute approximate surface area is 169 Å². The van der Waals surface area contributed by atoms with E-state index >= 15 is 0 Å². The van der Waals surface area contributed by atoms with Gasteiger partial charge in [-0.1, -0.05) is 17.7 Å². The van der Waals surface area contributed by atoms with Crippen molar-refractivity contribution in [3.05, 3.63) is 53.1 Å². The number of anilines is 3. The fourth-order valence-corrected chi connectivity index (χ4v) is 3.91. The van der Waals surface area contributed by atoms with E-state index < -0.39 is 11.9 Å². The van der Waals surface area contributed by atoms with Crippen molar-refractivity contribution in [1.29, 1.82) is 0 Å². The maximum Gasteiger partial charge on any atom is 0.338 e. The molecule has 4 rings (SSSR count). The molecule has 0 radical (unpaired) electrons. The van der Waals surface area contributed by atoms with Crippen molar-refractivity contribution in [3.8, 4) is 0 Å². The van der Waals surface area contributed by atoms with Crippen molar-refractivity contribution < 1.29 is 19.1 Å². The Kier molecular flexibility index (Phi) is 4.96. The molecule has 2 aliphatic heterocycles. The molecule has 7 heteroatoms. The quantitative estimate of drug-likeness (QED) is 0.780. The highest BCUT2D eigenvalue weighted by Crippen LogP contribution is 2.37. The van der Waals surface area contributed by atoms with E-state index in [9.17, 15) is 14.4 Å². The molecule has 1 saturated heterocycles. The molecule has 150 valence electrons. The minimum absolute atomic E-state index is 0.0478. The van der Waals surface area contributed by atoms with Gasteiger partial charge in [-0.15, -0.1) is 0 Å². The summed E-state index contributed by atoms with van der Waals surface area (Å²) in [7, 11) is 0. The second-order valence-electron chi connectivity index (χ2n) is 7.52. The van der Waals surface area contributed by atoms with Gasteiger partial charge in [0.25, 0.3) is 5.91 Å². The van der Waals surface area contributed by atoms with Gasteiger partial charge in [-0.05, 0) is 56.5 Å². The molecule has 2 N–H and O–H groups in total. The molecule has 0 bridgehead atoms. The minimum atomic E-state index is -0.610. The number of nitrogens with zero attached hydrogens (tertiary/aromatic N) is 1. The number of rotatable bonds is 4. The molecule has 2 aromatic rings. The molecule has 2 aromatic carbocycles. The number of amides is 2. The lowest BCUT2D eigenvalue weighted by Gasteiger charge is -2.33. The Hall–Kier alpha value is -3.35. The molecule has 2 amide bonds. The summed E-state index contributed by atoms with van der Waals surface area (Å²) in [5.41, 5.74) is 4.54. The van der Waals surface area contributed by atoms with Gasteiger partial charge in [-0.25, -0.2) is 4.79 Å². The molecule has 0 saturated carbocycles. The number of hydrogen-bond donors (Lipinski definition) is 2. The Balaban J connectivity index is 1.39. The summed E-state index contributed by atoms with van der Waals surface area (Å²) in [6, 6.07) is 10.6. The van der Waals surface area contributed by atoms with Crippen molar-refractivity contribution >= 4 is 34.8 Å². The van der Waals surface area contributed by atoms with Gasteiger partial charge >= 0.3 is 5.97 Å². The first-order valence-electron chi connectivity index (χ1n) is 9.68. The Morgan fingerprint density at radius 3 is 2.83 bits per heavy atom. The fourth-order valence-electron chi connectivity index (χ4n) is 3.91. The van der Waals surface area contributed by atoms with Crippen LogP contribution in [0.4, 0.5) is 17.1 Å².